The molecule has 0 spiro atoms. The highest BCUT2D eigenvalue weighted by Crippen LogP contribution is 2.30. The number of amides is 1. The van der Waals surface area contributed by atoms with Crippen LogP contribution in [0.5, 0.6) is 0 Å². The Balaban J connectivity index is 1.57. The summed E-state index contributed by atoms with van der Waals surface area (Å²) in [6.45, 7) is 10.5. The first-order valence-electron chi connectivity index (χ1n) is 11.4. The Morgan fingerprint density at radius 3 is 2.40 bits per heavy atom. The third-order valence-corrected chi connectivity index (χ3v) is 7.40. The summed E-state index contributed by atoms with van der Waals surface area (Å²) in [6.07, 6.45) is 0. The Kier molecular flexibility index (Phi) is 7.52. The van der Waals surface area contributed by atoms with Gasteiger partial charge in [-0.1, -0.05) is 80.6 Å². The van der Waals surface area contributed by atoms with Crippen molar-refractivity contribution in [2.75, 3.05) is 5.75 Å². The summed E-state index contributed by atoms with van der Waals surface area (Å²) < 4.78 is 2.00. The first kappa shape index (κ1) is 24.9. The number of benzene rings is 2. The molecule has 0 aliphatic heterocycles. The number of nitrogens with zero attached hydrogens (tertiary/aromatic N) is 4. The maximum atomic E-state index is 12.5. The summed E-state index contributed by atoms with van der Waals surface area (Å²) in [6, 6.07) is 20.6. The summed E-state index contributed by atoms with van der Waals surface area (Å²) in [7, 11) is 0. The molecular weight excluding hydrogens is 474 g/mol. The fraction of sp³-hybridized carbons (Fsp3) is 0.259. The van der Waals surface area contributed by atoms with Crippen LogP contribution in [0, 0.1) is 6.92 Å². The molecule has 0 saturated carbocycles. The second-order valence-electron chi connectivity index (χ2n) is 9.30. The van der Waals surface area contributed by atoms with Gasteiger partial charge in [-0.25, -0.2) is 5.43 Å². The van der Waals surface area contributed by atoms with Gasteiger partial charge in [0.2, 0.25) is 0 Å². The molecule has 0 fully saturated rings. The lowest BCUT2D eigenvalue weighted by atomic mass is 9.87. The van der Waals surface area contributed by atoms with Gasteiger partial charge in [0, 0.05) is 16.1 Å². The van der Waals surface area contributed by atoms with E-state index >= 15 is 0 Å². The van der Waals surface area contributed by atoms with Crippen molar-refractivity contribution >= 4 is 34.7 Å². The zero-order valence-electron chi connectivity index (χ0n) is 20.6. The van der Waals surface area contributed by atoms with Gasteiger partial charge in [-0.3, -0.25) is 9.36 Å². The largest absolute Gasteiger partial charge is 0.272 e. The average Bonchev–Trinajstić information content (AvgIpc) is 3.52. The maximum absolute atomic E-state index is 12.5. The third-order valence-electron chi connectivity index (χ3n) is 5.49. The van der Waals surface area contributed by atoms with Crippen LogP contribution in [0.15, 0.2) is 76.3 Å². The fourth-order valence-corrected chi connectivity index (χ4v) is 4.87. The van der Waals surface area contributed by atoms with Gasteiger partial charge in [-0.2, -0.15) is 5.10 Å². The minimum Gasteiger partial charge on any atom is -0.272 e. The number of carbonyl (C=O) groups excluding carboxylic acids is 1. The van der Waals surface area contributed by atoms with Crippen molar-refractivity contribution in [1.82, 2.24) is 20.2 Å². The molecule has 0 radical (unpaired) electrons. The smallest absolute Gasteiger partial charge is 0.250 e. The van der Waals surface area contributed by atoms with Crippen LogP contribution in [0.4, 0.5) is 0 Å². The van der Waals surface area contributed by atoms with E-state index < -0.39 is 0 Å². The van der Waals surface area contributed by atoms with E-state index in [1.807, 2.05) is 41.1 Å². The highest BCUT2D eigenvalue weighted by molar-refractivity contribution is 7.99. The van der Waals surface area contributed by atoms with Crippen molar-refractivity contribution in [3.63, 3.8) is 0 Å². The van der Waals surface area contributed by atoms with Gasteiger partial charge in [-0.15, -0.1) is 21.5 Å². The van der Waals surface area contributed by atoms with Crippen LogP contribution in [-0.2, 0) is 10.2 Å². The Labute approximate surface area is 214 Å². The van der Waals surface area contributed by atoms with E-state index in [2.05, 4.69) is 84.8 Å². The zero-order valence-corrected chi connectivity index (χ0v) is 22.2. The lowest BCUT2D eigenvalue weighted by molar-refractivity contribution is -0.118. The molecule has 180 valence electrons. The second-order valence-corrected chi connectivity index (χ2v) is 11.2. The highest BCUT2D eigenvalue weighted by Gasteiger charge is 2.19. The van der Waals surface area contributed by atoms with E-state index in [-0.39, 0.29) is 17.1 Å². The van der Waals surface area contributed by atoms with Crippen LogP contribution in [0.3, 0.4) is 0 Å². The van der Waals surface area contributed by atoms with Crippen LogP contribution in [0.1, 0.15) is 43.7 Å². The second kappa shape index (κ2) is 10.6. The quantitative estimate of drug-likeness (QED) is 0.184. The average molecular weight is 504 g/mol. The van der Waals surface area contributed by atoms with Crippen molar-refractivity contribution < 1.29 is 4.79 Å². The van der Waals surface area contributed by atoms with Gasteiger partial charge in [0.15, 0.2) is 11.0 Å². The van der Waals surface area contributed by atoms with Crippen molar-refractivity contribution in [2.24, 2.45) is 5.10 Å². The summed E-state index contributed by atoms with van der Waals surface area (Å²) in [5.74, 6) is 0.720. The molecule has 35 heavy (non-hydrogen) atoms. The summed E-state index contributed by atoms with van der Waals surface area (Å²) in [5, 5.41) is 15.8. The highest BCUT2D eigenvalue weighted by atomic mass is 32.2. The number of rotatable bonds is 7. The topological polar surface area (TPSA) is 72.2 Å². The Bertz CT molecular complexity index is 1320. The first-order chi connectivity index (χ1) is 16.7. The SMILES string of the molecule is C/C(=N/NC(=O)CSc1nnc(-c2ccc(C(C)(C)C)cc2)n1-c1ccc(C)cc1)c1cccs1. The number of nitrogens with one attached hydrogen (secondary N) is 1. The number of carbonyl (C=O) groups is 1. The summed E-state index contributed by atoms with van der Waals surface area (Å²) >= 11 is 2.92. The van der Waals surface area contributed by atoms with Gasteiger partial charge in [-0.05, 0) is 48.4 Å². The molecule has 2 aromatic carbocycles. The molecule has 0 bridgehead atoms. The summed E-state index contributed by atoms with van der Waals surface area (Å²) in [5.41, 5.74) is 7.84. The Morgan fingerprint density at radius 1 is 1.06 bits per heavy atom. The predicted octanol–water partition coefficient (Wildman–Crippen LogP) is 6.23. The minimum atomic E-state index is -0.194. The summed E-state index contributed by atoms with van der Waals surface area (Å²) in [4.78, 5) is 13.5. The molecule has 4 aromatic rings. The van der Waals surface area contributed by atoms with E-state index in [0.717, 1.165) is 27.7 Å². The monoisotopic (exact) mass is 503 g/mol. The molecule has 2 aromatic heterocycles. The van der Waals surface area contributed by atoms with E-state index in [0.29, 0.717) is 5.16 Å². The molecule has 1 N–H and O–H groups in total. The van der Waals surface area contributed by atoms with Crippen molar-refractivity contribution in [3.05, 3.63) is 82.0 Å². The first-order valence-corrected chi connectivity index (χ1v) is 13.2. The number of aryl methyl sites for hydroxylation is 1. The van der Waals surface area contributed by atoms with E-state index in [9.17, 15) is 4.79 Å². The van der Waals surface area contributed by atoms with Crippen molar-refractivity contribution in [2.45, 2.75) is 45.2 Å². The molecule has 4 rings (SSSR count). The molecule has 6 nitrogen and oxygen atoms in total. The van der Waals surface area contributed by atoms with E-state index in [4.69, 9.17) is 0 Å². The van der Waals surface area contributed by atoms with Crippen LogP contribution >= 0.6 is 23.1 Å². The number of thiophene rings is 1. The van der Waals surface area contributed by atoms with Crippen LogP contribution < -0.4 is 5.43 Å². The lowest BCUT2D eigenvalue weighted by Gasteiger charge is -2.19. The molecule has 0 unspecified atom stereocenters. The van der Waals surface area contributed by atoms with Crippen LogP contribution in [0.2, 0.25) is 0 Å². The van der Waals surface area contributed by atoms with E-state index in [1.54, 1.807) is 11.3 Å². The number of hydrogen-bond acceptors (Lipinski definition) is 6. The van der Waals surface area contributed by atoms with Gasteiger partial charge in [0.25, 0.3) is 5.91 Å². The van der Waals surface area contributed by atoms with Gasteiger partial charge >= 0.3 is 0 Å². The fourth-order valence-electron chi connectivity index (χ4n) is 3.44. The number of hydrogen-bond donors (Lipinski definition) is 1. The molecule has 8 heteroatoms. The molecule has 2 heterocycles. The van der Waals surface area contributed by atoms with Crippen LogP contribution in [0.25, 0.3) is 17.1 Å². The molecule has 0 aliphatic rings. The number of hydrazone groups is 1. The third kappa shape index (κ3) is 6.07. The number of thioether (sulfide) groups is 1. The molecule has 0 atom stereocenters. The number of aromatic nitrogens is 3. The Hall–Kier alpha value is -3.23. The predicted molar refractivity (Wildman–Crippen MR) is 146 cm³/mol. The molecule has 1 amide bonds. The molecular formula is C27H29N5OS2. The molecule has 0 saturated heterocycles. The van der Waals surface area contributed by atoms with Gasteiger partial charge in [0.05, 0.1) is 11.5 Å². The normalized spacial score (nSPS) is 12.1. The maximum Gasteiger partial charge on any atom is 0.250 e. The molecule has 0 aliphatic carbocycles. The standard InChI is InChI=1S/C27H29N5OS2/c1-18-8-14-22(15-9-18)32-25(20-10-12-21(13-11-20)27(3,4)5)30-31-26(32)35-17-24(33)29-28-19(2)23-7-6-16-34-23/h6-16H,17H2,1-5H3,(H,29,33)/b28-19-. The van der Waals surface area contributed by atoms with Crippen molar-refractivity contribution in [3.8, 4) is 17.1 Å². The van der Waals surface area contributed by atoms with Crippen molar-refractivity contribution in [1.29, 1.82) is 0 Å². The van der Waals surface area contributed by atoms with Gasteiger partial charge in [0.1, 0.15) is 0 Å². The zero-order chi connectivity index (χ0) is 25.0. The van der Waals surface area contributed by atoms with Crippen LogP contribution in [-0.4, -0.2) is 32.1 Å². The minimum absolute atomic E-state index is 0.0713. The van der Waals surface area contributed by atoms with Gasteiger partial charge < -0.3 is 0 Å². The lowest BCUT2D eigenvalue weighted by Crippen LogP contribution is -2.21. The van der Waals surface area contributed by atoms with E-state index in [1.165, 1.54) is 22.9 Å². The Morgan fingerprint density at radius 2 is 1.77 bits per heavy atom.